The lowest BCUT2D eigenvalue weighted by Gasteiger charge is -2.12. The fraction of sp³-hybridized carbons (Fsp3) is 0.143. The topological polar surface area (TPSA) is 143 Å². The molecule has 1 N–H and O–H groups in total. The highest BCUT2D eigenvalue weighted by Gasteiger charge is 2.21. The third-order valence-corrected chi connectivity index (χ3v) is 4.14. The summed E-state index contributed by atoms with van der Waals surface area (Å²) in [6.45, 7) is 0.959. The van der Waals surface area contributed by atoms with E-state index in [0.29, 0.717) is 0 Å². The highest BCUT2D eigenvalue weighted by molar-refractivity contribution is 5.93. The maximum atomic E-state index is 13.2. The third-order valence-electron chi connectivity index (χ3n) is 4.14. The second-order valence-electron chi connectivity index (χ2n) is 6.45. The van der Waals surface area contributed by atoms with Gasteiger partial charge in [-0.15, -0.1) is 0 Å². The molecule has 33 heavy (non-hydrogen) atoms. The van der Waals surface area contributed by atoms with E-state index < -0.39 is 34.8 Å². The molecule has 0 saturated heterocycles. The van der Waals surface area contributed by atoms with Gasteiger partial charge in [-0.25, -0.2) is 9.18 Å². The van der Waals surface area contributed by atoms with Crippen molar-refractivity contribution in [3.63, 3.8) is 0 Å². The number of halogens is 1. The van der Waals surface area contributed by atoms with E-state index in [1.54, 1.807) is 6.92 Å². The summed E-state index contributed by atoms with van der Waals surface area (Å²) in [5, 5.41) is 17.2. The molecule has 0 radical (unpaired) electrons. The van der Waals surface area contributed by atoms with Crippen LogP contribution in [0.5, 0.6) is 5.75 Å². The lowest BCUT2D eigenvalue weighted by molar-refractivity contribution is -0.384. The zero-order valence-electron chi connectivity index (χ0n) is 17.2. The average Bonchev–Trinajstić information content (AvgIpc) is 2.78. The van der Waals surface area contributed by atoms with Gasteiger partial charge in [-0.2, -0.15) is 9.78 Å². The van der Waals surface area contributed by atoms with Crippen molar-refractivity contribution in [2.24, 2.45) is 0 Å². The summed E-state index contributed by atoms with van der Waals surface area (Å²) in [6, 6.07) is 11.0. The standard InChI is InChI=1S/C21H17FN4O7/c1-2-32-21(29)20-17(11-19(28)25(24-20)15-8-6-13(22)7-9-15)33-12-18(27)23-14-4-3-5-16(10-14)26(30)31/h3-11H,2,12H2,1H3,(H,23,27). The largest absolute Gasteiger partial charge is 0.481 e. The fourth-order valence-electron chi connectivity index (χ4n) is 2.70. The van der Waals surface area contributed by atoms with Gasteiger partial charge in [-0.1, -0.05) is 6.07 Å². The Kier molecular flexibility index (Phi) is 7.08. The van der Waals surface area contributed by atoms with E-state index in [4.69, 9.17) is 9.47 Å². The van der Waals surface area contributed by atoms with Crippen LogP contribution >= 0.6 is 0 Å². The molecule has 0 spiro atoms. The lowest BCUT2D eigenvalue weighted by Crippen LogP contribution is -2.27. The molecule has 170 valence electrons. The Bertz CT molecular complexity index is 1260. The number of amides is 1. The summed E-state index contributed by atoms with van der Waals surface area (Å²) in [7, 11) is 0. The molecule has 1 amide bonds. The Labute approximate surface area is 185 Å². The molecule has 0 aliphatic heterocycles. The summed E-state index contributed by atoms with van der Waals surface area (Å²) in [6.07, 6.45) is 0. The van der Waals surface area contributed by atoms with E-state index in [9.17, 15) is 28.9 Å². The number of esters is 1. The molecular formula is C21H17FN4O7. The van der Waals surface area contributed by atoms with Gasteiger partial charge in [-0.05, 0) is 37.3 Å². The van der Waals surface area contributed by atoms with Crippen LogP contribution in [0.2, 0.25) is 0 Å². The molecule has 11 nitrogen and oxygen atoms in total. The third kappa shape index (κ3) is 5.76. The van der Waals surface area contributed by atoms with Crippen LogP contribution in [0.25, 0.3) is 5.69 Å². The Morgan fingerprint density at radius 2 is 1.91 bits per heavy atom. The maximum absolute atomic E-state index is 13.2. The second kappa shape index (κ2) is 10.1. The van der Waals surface area contributed by atoms with E-state index >= 15 is 0 Å². The van der Waals surface area contributed by atoms with Crippen LogP contribution in [0.4, 0.5) is 15.8 Å². The van der Waals surface area contributed by atoms with Crippen molar-refractivity contribution in [2.45, 2.75) is 6.92 Å². The summed E-state index contributed by atoms with van der Waals surface area (Å²) in [4.78, 5) is 47.3. The first-order chi connectivity index (χ1) is 15.8. The Morgan fingerprint density at radius 1 is 1.18 bits per heavy atom. The molecule has 0 bridgehead atoms. The van der Waals surface area contributed by atoms with Crippen molar-refractivity contribution in [1.29, 1.82) is 0 Å². The normalized spacial score (nSPS) is 10.4. The number of anilines is 1. The molecule has 0 atom stereocenters. The fourth-order valence-corrected chi connectivity index (χ4v) is 2.70. The van der Waals surface area contributed by atoms with E-state index in [1.807, 2.05) is 0 Å². The summed E-state index contributed by atoms with van der Waals surface area (Å²) < 4.78 is 24.3. The van der Waals surface area contributed by atoms with Gasteiger partial charge in [0.1, 0.15) is 5.82 Å². The van der Waals surface area contributed by atoms with Crippen molar-refractivity contribution in [2.75, 3.05) is 18.5 Å². The van der Waals surface area contributed by atoms with Gasteiger partial charge in [0, 0.05) is 17.8 Å². The Balaban J connectivity index is 1.83. The second-order valence-corrected chi connectivity index (χ2v) is 6.45. The van der Waals surface area contributed by atoms with Crippen molar-refractivity contribution >= 4 is 23.3 Å². The molecule has 0 unspecified atom stereocenters. The van der Waals surface area contributed by atoms with Crippen LogP contribution in [-0.2, 0) is 9.53 Å². The van der Waals surface area contributed by atoms with Crippen molar-refractivity contribution in [3.8, 4) is 11.4 Å². The first-order valence-electron chi connectivity index (χ1n) is 9.53. The monoisotopic (exact) mass is 456 g/mol. The van der Waals surface area contributed by atoms with Crippen LogP contribution in [0.15, 0.2) is 59.4 Å². The van der Waals surface area contributed by atoms with Gasteiger partial charge in [0.2, 0.25) is 5.69 Å². The van der Waals surface area contributed by atoms with E-state index in [2.05, 4.69) is 10.4 Å². The molecule has 12 heteroatoms. The maximum Gasteiger partial charge on any atom is 0.362 e. The van der Waals surface area contributed by atoms with Crippen molar-refractivity contribution < 1.29 is 28.4 Å². The van der Waals surface area contributed by atoms with E-state index in [-0.39, 0.29) is 35.1 Å². The first kappa shape index (κ1) is 23.1. The summed E-state index contributed by atoms with van der Waals surface area (Å²) in [5.41, 5.74) is -0.935. The molecule has 2 aromatic carbocycles. The minimum absolute atomic E-state index is 0.0168. The highest BCUT2D eigenvalue weighted by atomic mass is 19.1. The quantitative estimate of drug-likeness (QED) is 0.309. The number of hydrogen-bond donors (Lipinski definition) is 1. The average molecular weight is 456 g/mol. The van der Waals surface area contributed by atoms with E-state index in [1.165, 1.54) is 30.3 Å². The number of carbonyl (C=O) groups is 2. The number of benzene rings is 2. The zero-order chi connectivity index (χ0) is 24.0. The molecule has 0 fully saturated rings. The van der Waals surface area contributed by atoms with Crippen LogP contribution in [0.3, 0.4) is 0 Å². The van der Waals surface area contributed by atoms with Crippen LogP contribution < -0.4 is 15.6 Å². The smallest absolute Gasteiger partial charge is 0.362 e. The first-order valence-corrected chi connectivity index (χ1v) is 9.53. The number of nitro benzene ring substituents is 1. The number of carbonyl (C=O) groups excluding carboxylic acids is 2. The van der Waals surface area contributed by atoms with Crippen molar-refractivity contribution in [1.82, 2.24) is 9.78 Å². The van der Waals surface area contributed by atoms with E-state index in [0.717, 1.165) is 28.9 Å². The van der Waals surface area contributed by atoms with Gasteiger partial charge in [0.15, 0.2) is 12.4 Å². The summed E-state index contributed by atoms with van der Waals surface area (Å²) >= 11 is 0. The Morgan fingerprint density at radius 3 is 2.58 bits per heavy atom. The summed E-state index contributed by atoms with van der Waals surface area (Å²) in [5.74, 6) is -2.42. The van der Waals surface area contributed by atoms with Gasteiger partial charge in [0.05, 0.1) is 23.3 Å². The van der Waals surface area contributed by atoms with Crippen LogP contribution in [-0.4, -0.2) is 39.8 Å². The molecule has 0 aliphatic carbocycles. The number of nitro groups is 1. The highest BCUT2D eigenvalue weighted by Crippen LogP contribution is 2.18. The molecule has 3 aromatic rings. The minimum atomic E-state index is -0.901. The zero-order valence-corrected chi connectivity index (χ0v) is 17.2. The predicted molar refractivity (Wildman–Crippen MR) is 113 cm³/mol. The molecule has 0 saturated carbocycles. The number of nitrogens with zero attached hydrogens (tertiary/aromatic N) is 3. The molecule has 3 rings (SSSR count). The number of rotatable bonds is 8. The molecular weight excluding hydrogens is 439 g/mol. The number of nitrogens with one attached hydrogen (secondary N) is 1. The molecule has 1 heterocycles. The SMILES string of the molecule is CCOC(=O)c1nn(-c2ccc(F)cc2)c(=O)cc1OCC(=O)Nc1cccc([N+](=O)[O-])c1. The molecule has 0 aliphatic rings. The van der Waals surface area contributed by atoms with Crippen molar-refractivity contribution in [3.05, 3.63) is 86.6 Å². The number of ether oxygens (including phenoxy) is 2. The van der Waals surface area contributed by atoms with Gasteiger partial charge in [0.25, 0.3) is 17.2 Å². The Hall–Kier alpha value is -4.61. The van der Waals surface area contributed by atoms with Gasteiger partial charge in [-0.3, -0.25) is 19.7 Å². The number of aromatic nitrogens is 2. The van der Waals surface area contributed by atoms with Gasteiger partial charge < -0.3 is 14.8 Å². The van der Waals surface area contributed by atoms with Crippen LogP contribution in [0, 0.1) is 15.9 Å². The van der Waals surface area contributed by atoms with Crippen LogP contribution in [0.1, 0.15) is 17.4 Å². The molecule has 1 aromatic heterocycles. The number of non-ortho nitro benzene ring substituents is 1. The van der Waals surface area contributed by atoms with Gasteiger partial charge >= 0.3 is 5.97 Å². The predicted octanol–water partition coefficient (Wildman–Crippen LogP) is 2.47. The lowest BCUT2D eigenvalue weighted by atomic mass is 10.3. The minimum Gasteiger partial charge on any atom is -0.481 e. The number of hydrogen-bond acceptors (Lipinski definition) is 8.